The summed E-state index contributed by atoms with van der Waals surface area (Å²) >= 11 is 0. The van der Waals surface area contributed by atoms with E-state index in [-0.39, 0.29) is 20.4 Å². The van der Waals surface area contributed by atoms with Gasteiger partial charge < -0.3 is 0 Å². The van der Waals surface area contributed by atoms with E-state index in [2.05, 4.69) is 65.3 Å². The van der Waals surface area contributed by atoms with Crippen LogP contribution in [0.25, 0.3) is 11.1 Å². The van der Waals surface area contributed by atoms with E-state index in [1.807, 2.05) is 0 Å². The fourth-order valence-electron chi connectivity index (χ4n) is 3.10. The summed E-state index contributed by atoms with van der Waals surface area (Å²) in [5.74, 6) is 0. The monoisotopic (exact) mass is 362 g/mol. The standard InChI is InChI=1S/C17H24N2.Pd/c1-10(2)19-15(7)17(14(6)18-19)16-12(4)8-11(3)9-13(16)5;/h8-10H,1-7H3;. The van der Waals surface area contributed by atoms with E-state index in [1.165, 1.54) is 33.5 Å². The van der Waals surface area contributed by atoms with E-state index in [0.29, 0.717) is 6.04 Å². The van der Waals surface area contributed by atoms with Crippen molar-refractivity contribution in [2.24, 2.45) is 0 Å². The van der Waals surface area contributed by atoms with Gasteiger partial charge in [-0.3, -0.25) is 4.68 Å². The maximum Gasteiger partial charge on any atom is 0.0675 e. The van der Waals surface area contributed by atoms with E-state index >= 15 is 0 Å². The van der Waals surface area contributed by atoms with Gasteiger partial charge in [-0.1, -0.05) is 17.7 Å². The largest absolute Gasteiger partial charge is 0.266 e. The molecule has 112 valence electrons. The van der Waals surface area contributed by atoms with Crippen LogP contribution in [0.5, 0.6) is 0 Å². The molecule has 0 N–H and O–H groups in total. The molecule has 0 radical (unpaired) electrons. The number of hydrogen-bond acceptors (Lipinski definition) is 1. The van der Waals surface area contributed by atoms with Crippen LogP contribution in [0.3, 0.4) is 0 Å². The van der Waals surface area contributed by atoms with Crippen molar-refractivity contribution in [2.75, 3.05) is 0 Å². The maximum atomic E-state index is 4.71. The third-order valence-electron chi connectivity index (χ3n) is 3.74. The first-order valence-corrected chi connectivity index (χ1v) is 6.96. The fourth-order valence-corrected chi connectivity index (χ4v) is 3.10. The van der Waals surface area contributed by atoms with Crippen molar-refractivity contribution >= 4 is 0 Å². The summed E-state index contributed by atoms with van der Waals surface area (Å²) < 4.78 is 2.13. The van der Waals surface area contributed by atoms with Crippen LogP contribution in [0, 0.1) is 34.6 Å². The number of benzene rings is 1. The zero-order valence-electron chi connectivity index (χ0n) is 13.4. The Bertz CT molecular complexity index is 601. The minimum atomic E-state index is 0. The first-order valence-electron chi connectivity index (χ1n) is 6.96. The molecule has 1 aromatic carbocycles. The van der Waals surface area contributed by atoms with E-state index in [1.54, 1.807) is 0 Å². The Labute approximate surface area is 136 Å². The summed E-state index contributed by atoms with van der Waals surface area (Å²) in [5, 5.41) is 4.71. The van der Waals surface area contributed by atoms with Crippen LogP contribution in [-0.2, 0) is 20.4 Å². The van der Waals surface area contributed by atoms with Gasteiger partial charge in [-0.25, -0.2) is 0 Å². The second-order valence-electron chi connectivity index (χ2n) is 5.86. The Hall–Kier alpha value is -0.908. The van der Waals surface area contributed by atoms with Crippen LogP contribution in [0.2, 0.25) is 0 Å². The van der Waals surface area contributed by atoms with Gasteiger partial charge in [0, 0.05) is 37.7 Å². The van der Waals surface area contributed by atoms with Crippen molar-refractivity contribution < 1.29 is 20.4 Å². The number of nitrogens with zero attached hydrogens (tertiary/aromatic N) is 2. The predicted molar refractivity (Wildman–Crippen MR) is 81.7 cm³/mol. The van der Waals surface area contributed by atoms with Gasteiger partial charge in [0.05, 0.1) is 5.69 Å². The number of hydrogen-bond donors (Lipinski definition) is 0. The summed E-state index contributed by atoms with van der Waals surface area (Å²) in [4.78, 5) is 0. The average Bonchev–Trinajstić information content (AvgIpc) is 2.55. The predicted octanol–water partition coefficient (Wildman–Crippen LogP) is 4.67. The molecule has 0 bridgehead atoms. The molecule has 2 aromatic rings. The third-order valence-corrected chi connectivity index (χ3v) is 3.74. The Kier molecular flexibility index (Phi) is 5.35. The summed E-state index contributed by atoms with van der Waals surface area (Å²) in [5.41, 5.74) is 9.06. The van der Waals surface area contributed by atoms with Crippen LogP contribution < -0.4 is 0 Å². The summed E-state index contributed by atoms with van der Waals surface area (Å²) in [6.07, 6.45) is 0. The Morgan fingerprint density at radius 3 is 1.80 bits per heavy atom. The molecule has 2 rings (SSSR count). The molecule has 0 aliphatic heterocycles. The molecule has 0 unspecified atom stereocenters. The summed E-state index contributed by atoms with van der Waals surface area (Å²) in [6, 6.07) is 4.92. The quantitative estimate of drug-likeness (QED) is 0.710. The minimum absolute atomic E-state index is 0. The third kappa shape index (κ3) is 2.90. The Morgan fingerprint density at radius 1 is 0.900 bits per heavy atom. The topological polar surface area (TPSA) is 17.8 Å². The molecular weight excluding hydrogens is 339 g/mol. The van der Waals surface area contributed by atoms with Gasteiger partial charge in [-0.05, 0) is 65.2 Å². The van der Waals surface area contributed by atoms with Gasteiger partial charge in [0.25, 0.3) is 0 Å². The van der Waals surface area contributed by atoms with Gasteiger partial charge in [0.2, 0.25) is 0 Å². The summed E-state index contributed by atoms with van der Waals surface area (Å²) in [6.45, 7) is 15.2. The average molecular weight is 363 g/mol. The van der Waals surface area contributed by atoms with Crippen molar-refractivity contribution in [3.63, 3.8) is 0 Å². The van der Waals surface area contributed by atoms with E-state index < -0.39 is 0 Å². The fraction of sp³-hybridized carbons (Fsp3) is 0.471. The van der Waals surface area contributed by atoms with E-state index in [4.69, 9.17) is 5.10 Å². The number of aryl methyl sites for hydroxylation is 4. The molecule has 2 nitrogen and oxygen atoms in total. The molecule has 0 amide bonds. The molecular formula is C17H24N2Pd. The van der Waals surface area contributed by atoms with Crippen molar-refractivity contribution in [2.45, 2.75) is 54.5 Å². The van der Waals surface area contributed by atoms with E-state index in [0.717, 1.165) is 5.69 Å². The molecule has 1 aromatic heterocycles. The number of rotatable bonds is 2. The Morgan fingerprint density at radius 2 is 1.40 bits per heavy atom. The molecule has 0 spiro atoms. The first-order chi connectivity index (χ1) is 8.82. The summed E-state index contributed by atoms with van der Waals surface area (Å²) in [7, 11) is 0. The molecule has 1 heterocycles. The van der Waals surface area contributed by atoms with Gasteiger partial charge in [0.1, 0.15) is 0 Å². The molecule has 0 aliphatic rings. The van der Waals surface area contributed by atoms with Crippen LogP contribution in [0.15, 0.2) is 12.1 Å². The first kappa shape index (κ1) is 17.1. The molecule has 0 saturated heterocycles. The molecule has 3 heteroatoms. The molecule has 0 fully saturated rings. The van der Waals surface area contributed by atoms with E-state index in [9.17, 15) is 0 Å². The zero-order valence-corrected chi connectivity index (χ0v) is 15.0. The molecule has 0 aliphatic carbocycles. The zero-order chi connectivity index (χ0) is 14.3. The normalized spacial score (nSPS) is 10.8. The van der Waals surface area contributed by atoms with Crippen LogP contribution in [0.4, 0.5) is 0 Å². The van der Waals surface area contributed by atoms with Crippen LogP contribution in [-0.4, -0.2) is 9.78 Å². The SMILES string of the molecule is Cc1cc(C)c(-c2c(C)nn(C(C)C)c2C)c(C)c1.[Pd]. The van der Waals surface area contributed by atoms with Crippen molar-refractivity contribution in [3.8, 4) is 11.1 Å². The molecule has 0 saturated carbocycles. The van der Waals surface area contributed by atoms with Crippen LogP contribution in [0.1, 0.15) is 48.0 Å². The van der Waals surface area contributed by atoms with Gasteiger partial charge >= 0.3 is 0 Å². The van der Waals surface area contributed by atoms with Gasteiger partial charge in [0.15, 0.2) is 0 Å². The van der Waals surface area contributed by atoms with Crippen molar-refractivity contribution in [1.82, 2.24) is 9.78 Å². The minimum Gasteiger partial charge on any atom is -0.266 e. The van der Waals surface area contributed by atoms with Gasteiger partial charge in [-0.15, -0.1) is 0 Å². The van der Waals surface area contributed by atoms with Crippen LogP contribution >= 0.6 is 0 Å². The van der Waals surface area contributed by atoms with Gasteiger partial charge in [-0.2, -0.15) is 5.10 Å². The maximum absolute atomic E-state index is 4.71. The van der Waals surface area contributed by atoms with Crippen molar-refractivity contribution in [3.05, 3.63) is 40.2 Å². The Balaban J connectivity index is 0.00000200. The number of aromatic nitrogens is 2. The second kappa shape index (κ2) is 6.25. The smallest absolute Gasteiger partial charge is 0.0675 e. The second-order valence-corrected chi connectivity index (χ2v) is 5.86. The molecule has 0 atom stereocenters. The van der Waals surface area contributed by atoms with Crippen molar-refractivity contribution in [1.29, 1.82) is 0 Å². The molecule has 20 heavy (non-hydrogen) atoms.